The van der Waals surface area contributed by atoms with Crippen molar-refractivity contribution in [2.75, 3.05) is 7.05 Å². The minimum absolute atomic E-state index is 0.0463. The van der Waals surface area contributed by atoms with E-state index in [0.717, 1.165) is 0 Å². The van der Waals surface area contributed by atoms with Crippen molar-refractivity contribution in [3.8, 4) is 0 Å². The summed E-state index contributed by atoms with van der Waals surface area (Å²) in [6.07, 6.45) is 1.68. The lowest BCUT2D eigenvalue weighted by Crippen LogP contribution is -2.34. The van der Waals surface area contributed by atoms with Crippen LogP contribution in [0, 0.1) is 0 Å². The lowest BCUT2D eigenvalue weighted by atomic mass is 10.6. The Balaban J connectivity index is 2.52. The van der Waals surface area contributed by atoms with Crippen molar-refractivity contribution in [3.05, 3.63) is 0 Å². The molecule has 44 valence electrons. The van der Waals surface area contributed by atoms with E-state index in [1.54, 1.807) is 11.7 Å². The fourth-order valence-corrected chi connectivity index (χ4v) is 0.756. The molecule has 0 amide bonds. The van der Waals surface area contributed by atoms with Gasteiger partial charge < -0.3 is 5.43 Å². The molecule has 0 fully saturated rings. The Morgan fingerprint density at radius 1 is 2.00 bits per heavy atom. The number of hydrogen-bond donors (Lipinski definition) is 1. The Morgan fingerprint density at radius 3 is 3.00 bits per heavy atom. The third kappa shape index (κ3) is 0.850. The Bertz CT molecular complexity index is 122. The average molecular weight is 129 g/mol. The van der Waals surface area contributed by atoms with E-state index < -0.39 is 0 Å². The molecule has 1 unspecified atom stereocenters. The normalized spacial score (nSPS) is 27.9. The van der Waals surface area contributed by atoms with Gasteiger partial charge in [-0.3, -0.25) is 0 Å². The van der Waals surface area contributed by atoms with Crippen LogP contribution in [0.2, 0.25) is 0 Å². The van der Waals surface area contributed by atoms with E-state index in [1.807, 2.05) is 12.1 Å². The third-order valence-corrected chi connectivity index (χ3v) is 1.25. The molecule has 0 aliphatic carbocycles. The molecule has 3 nitrogen and oxygen atoms in total. The highest BCUT2D eigenvalue weighted by Crippen LogP contribution is 1.94. The van der Waals surface area contributed by atoms with Crippen molar-refractivity contribution < 1.29 is 0 Å². The van der Waals surface area contributed by atoms with Crippen LogP contribution in [-0.2, 0) is 0 Å². The lowest BCUT2D eigenvalue weighted by molar-refractivity contribution is 0.298. The zero-order chi connectivity index (χ0) is 5.98. The fourth-order valence-electron chi connectivity index (χ4n) is 0.504. The van der Waals surface area contributed by atoms with Crippen molar-refractivity contribution >= 4 is 23.9 Å². The molecule has 0 bridgehead atoms. The first-order valence-electron chi connectivity index (χ1n) is 2.30. The van der Waals surface area contributed by atoms with Crippen LogP contribution in [0.15, 0.2) is 4.99 Å². The lowest BCUT2D eigenvalue weighted by Gasteiger charge is -2.11. The van der Waals surface area contributed by atoms with E-state index >= 15 is 0 Å². The monoisotopic (exact) mass is 129 g/mol. The first kappa shape index (κ1) is 5.65. The van der Waals surface area contributed by atoms with Crippen LogP contribution >= 0.6 is 12.2 Å². The number of nitrogens with one attached hydrogen (secondary N) is 1. The van der Waals surface area contributed by atoms with E-state index in [4.69, 9.17) is 0 Å². The van der Waals surface area contributed by atoms with Crippen LogP contribution in [0.3, 0.4) is 0 Å². The zero-order valence-corrected chi connectivity index (χ0v) is 5.35. The van der Waals surface area contributed by atoms with Crippen molar-refractivity contribution in [2.45, 2.75) is 6.17 Å². The Morgan fingerprint density at radius 2 is 2.75 bits per heavy atom. The van der Waals surface area contributed by atoms with Crippen LogP contribution in [0.25, 0.3) is 0 Å². The summed E-state index contributed by atoms with van der Waals surface area (Å²) in [6.45, 7) is 0. The second-order valence-electron chi connectivity index (χ2n) is 1.57. The minimum Gasteiger partial charge on any atom is -0.307 e. The predicted molar refractivity (Wildman–Crippen MR) is 36.8 cm³/mol. The van der Waals surface area contributed by atoms with Crippen LogP contribution in [0.4, 0.5) is 0 Å². The van der Waals surface area contributed by atoms with Gasteiger partial charge in [-0.2, -0.15) is 5.01 Å². The molecule has 1 rings (SSSR count). The Hall–Kier alpha value is -0.480. The number of aliphatic imine (C=N–C) groups is 1. The van der Waals surface area contributed by atoms with E-state index in [1.165, 1.54) is 0 Å². The number of rotatable bonds is 1. The second-order valence-corrected chi connectivity index (χ2v) is 1.84. The van der Waals surface area contributed by atoms with E-state index in [-0.39, 0.29) is 6.17 Å². The smallest absolute Gasteiger partial charge is 0.149 e. The van der Waals surface area contributed by atoms with Gasteiger partial charge in [0.25, 0.3) is 0 Å². The van der Waals surface area contributed by atoms with Crippen molar-refractivity contribution in [2.24, 2.45) is 4.99 Å². The van der Waals surface area contributed by atoms with Crippen LogP contribution in [0.5, 0.6) is 0 Å². The molecule has 1 aliphatic rings. The minimum atomic E-state index is 0.0463. The molecule has 8 heavy (non-hydrogen) atoms. The molecule has 1 N–H and O–H groups in total. The van der Waals surface area contributed by atoms with E-state index in [2.05, 4.69) is 22.6 Å². The molecular weight excluding hydrogens is 122 g/mol. The summed E-state index contributed by atoms with van der Waals surface area (Å²) in [7, 11) is 1.89. The molecule has 0 saturated carbocycles. The molecule has 0 saturated heterocycles. The molecule has 4 heteroatoms. The van der Waals surface area contributed by atoms with Gasteiger partial charge in [0, 0.05) is 12.4 Å². The summed E-state index contributed by atoms with van der Waals surface area (Å²) < 4.78 is 0. The molecule has 1 atom stereocenters. The standard InChI is InChI=1S/C4H7N3S/c1-7-4(2-8)5-3-6-7/h2-4H,1H3,(H,5,6). The summed E-state index contributed by atoms with van der Waals surface area (Å²) in [5.41, 5.74) is 2.86. The topological polar surface area (TPSA) is 27.6 Å². The molecule has 0 spiro atoms. The Kier molecular flexibility index (Phi) is 1.55. The molecule has 0 aromatic rings. The fraction of sp³-hybridized carbons (Fsp3) is 0.500. The zero-order valence-electron chi connectivity index (χ0n) is 4.53. The highest BCUT2D eigenvalue weighted by molar-refractivity contribution is 7.79. The van der Waals surface area contributed by atoms with Crippen molar-refractivity contribution in [1.82, 2.24) is 10.4 Å². The highest BCUT2D eigenvalue weighted by atomic mass is 32.1. The maximum atomic E-state index is 4.67. The molecule has 1 aliphatic heterocycles. The quantitative estimate of drug-likeness (QED) is 0.496. The summed E-state index contributed by atoms with van der Waals surface area (Å²) in [5, 5.41) is 3.43. The largest absolute Gasteiger partial charge is 0.307 e. The van der Waals surface area contributed by atoms with E-state index in [0.29, 0.717) is 0 Å². The van der Waals surface area contributed by atoms with Gasteiger partial charge in [-0.1, -0.05) is 12.2 Å². The third-order valence-electron chi connectivity index (χ3n) is 1.01. The summed E-state index contributed by atoms with van der Waals surface area (Å²) in [4.78, 5) is 3.97. The molecule has 0 aromatic heterocycles. The van der Waals surface area contributed by atoms with Gasteiger partial charge >= 0.3 is 0 Å². The van der Waals surface area contributed by atoms with E-state index in [9.17, 15) is 0 Å². The molecular formula is C4H7N3S. The predicted octanol–water partition coefficient (Wildman–Crippen LogP) is -0.210. The molecule has 1 heterocycles. The van der Waals surface area contributed by atoms with Gasteiger partial charge in [-0.25, -0.2) is 4.99 Å². The SMILES string of the molecule is CN1NC=NC1C=S. The van der Waals surface area contributed by atoms with Gasteiger partial charge in [-0.15, -0.1) is 0 Å². The molecule has 0 radical (unpaired) electrons. The van der Waals surface area contributed by atoms with Gasteiger partial charge in [0.1, 0.15) is 6.17 Å². The number of nitrogens with zero attached hydrogens (tertiary/aromatic N) is 2. The van der Waals surface area contributed by atoms with Gasteiger partial charge in [0.15, 0.2) is 0 Å². The van der Waals surface area contributed by atoms with Crippen molar-refractivity contribution in [1.29, 1.82) is 0 Å². The van der Waals surface area contributed by atoms with Crippen LogP contribution in [0.1, 0.15) is 0 Å². The average Bonchev–Trinajstić information content (AvgIpc) is 2.14. The highest BCUT2D eigenvalue weighted by Gasteiger charge is 2.11. The summed E-state index contributed by atoms with van der Waals surface area (Å²) in [6, 6.07) is 0. The molecule has 0 aromatic carbocycles. The summed E-state index contributed by atoms with van der Waals surface area (Å²) >= 11 is 4.67. The second kappa shape index (κ2) is 2.19. The maximum absolute atomic E-state index is 4.67. The maximum Gasteiger partial charge on any atom is 0.149 e. The Labute approximate surface area is 53.4 Å². The number of hydrazine groups is 1. The van der Waals surface area contributed by atoms with Gasteiger partial charge in [0.2, 0.25) is 0 Å². The van der Waals surface area contributed by atoms with Crippen LogP contribution in [-0.4, -0.2) is 29.9 Å². The van der Waals surface area contributed by atoms with Crippen LogP contribution < -0.4 is 5.43 Å². The van der Waals surface area contributed by atoms with Crippen molar-refractivity contribution in [3.63, 3.8) is 0 Å². The first-order valence-corrected chi connectivity index (χ1v) is 2.77. The first-order chi connectivity index (χ1) is 3.84. The number of thiocarbonyl (C=S) groups is 1. The van der Waals surface area contributed by atoms with Gasteiger partial charge in [0.05, 0.1) is 6.34 Å². The number of hydrogen-bond acceptors (Lipinski definition) is 4. The van der Waals surface area contributed by atoms with Gasteiger partial charge in [-0.05, 0) is 0 Å². The summed E-state index contributed by atoms with van der Waals surface area (Å²) in [5.74, 6) is 0.